The van der Waals surface area contributed by atoms with Crippen molar-refractivity contribution in [3.05, 3.63) is 22.8 Å². The van der Waals surface area contributed by atoms with Gasteiger partial charge in [-0.3, -0.25) is 0 Å². The summed E-state index contributed by atoms with van der Waals surface area (Å²) in [5, 5.41) is 4.02. The summed E-state index contributed by atoms with van der Waals surface area (Å²) in [7, 11) is 0. The third kappa shape index (κ3) is 2.29. The van der Waals surface area contributed by atoms with Gasteiger partial charge in [-0.1, -0.05) is 11.6 Å². The first-order valence-electron chi connectivity index (χ1n) is 4.39. The van der Waals surface area contributed by atoms with Crippen LogP contribution >= 0.6 is 24.0 Å². The minimum absolute atomic E-state index is 0. The number of halogens is 2. The molecule has 2 rings (SSSR count). The molecule has 5 heteroatoms. The van der Waals surface area contributed by atoms with Crippen LogP contribution in [0, 0.1) is 0 Å². The van der Waals surface area contributed by atoms with E-state index in [-0.39, 0.29) is 12.4 Å². The van der Waals surface area contributed by atoms with E-state index in [1.54, 1.807) is 6.20 Å². The predicted molar refractivity (Wildman–Crippen MR) is 61.1 cm³/mol. The Morgan fingerprint density at radius 2 is 2.36 bits per heavy atom. The molecule has 1 atom stereocenters. The van der Waals surface area contributed by atoms with Crippen LogP contribution in [-0.4, -0.2) is 18.1 Å². The standard InChI is InChI=1S/C9H12ClN3.ClH/c10-8-5-13-9(11)3-7(8)6-1-2-12-4-6;/h3,5-6,12H,1-2,4H2,(H2,11,13);1H. The van der Waals surface area contributed by atoms with E-state index >= 15 is 0 Å². The van der Waals surface area contributed by atoms with Crippen LogP contribution < -0.4 is 11.1 Å². The summed E-state index contributed by atoms with van der Waals surface area (Å²) in [4.78, 5) is 3.94. The van der Waals surface area contributed by atoms with Gasteiger partial charge in [0.2, 0.25) is 0 Å². The fourth-order valence-electron chi connectivity index (χ4n) is 1.70. The molecule has 1 aliphatic heterocycles. The molecule has 1 aliphatic rings. The molecule has 0 aliphatic carbocycles. The second-order valence-corrected chi connectivity index (χ2v) is 3.73. The van der Waals surface area contributed by atoms with Crippen LogP contribution in [-0.2, 0) is 0 Å². The van der Waals surface area contributed by atoms with Crippen LogP contribution in [0.1, 0.15) is 17.9 Å². The van der Waals surface area contributed by atoms with E-state index in [0.29, 0.717) is 11.7 Å². The average molecular weight is 234 g/mol. The molecule has 3 nitrogen and oxygen atoms in total. The molecular weight excluding hydrogens is 221 g/mol. The molecule has 78 valence electrons. The minimum atomic E-state index is 0. The van der Waals surface area contributed by atoms with E-state index in [1.807, 2.05) is 6.07 Å². The maximum atomic E-state index is 6.03. The zero-order valence-electron chi connectivity index (χ0n) is 7.66. The Balaban J connectivity index is 0.000000980. The normalized spacial score (nSPS) is 20.5. The van der Waals surface area contributed by atoms with Crippen LogP contribution in [0.5, 0.6) is 0 Å². The number of aromatic nitrogens is 1. The van der Waals surface area contributed by atoms with Gasteiger partial charge in [0.25, 0.3) is 0 Å². The third-order valence-corrected chi connectivity index (χ3v) is 2.72. The van der Waals surface area contributed by atoms with Crippen molar-refractivity contribution in [2.75, 3.05) is 18.8 Å². The summed E-state index contributed by atoms with van der Waals surface area (Å²) in [5.41, 5.74) is 6.73. The first kappa shape index (κ1) is 11.6. The molecule has 3 N–H and O–H groups in total. The van der Waals surface area contributed by atoms with Crippen LogP contribution in [0.25, 0.3) is 0 Å². The lowest BCUT2D eigenvalue weighted by Crippen LogP contribution is -2.08. The molecule has 0 aromatic carbocycles. The van der Waals surface area contributed by atoms with Gasteiger partial charge in [0.1, 0.15) is 5.82 Å². The Bertz CT molecular complexity index is 311. The van der Waals surface area contributed by atoms with E-state index in [9.17, 15) is 0 Å². The Morgan fingerprint density at radius 1 is 1.57 bits per heavy atom. The summed E-state index contributed by atoms with van der Waals surface area (Å²) < 4.78 is 0. The molecule has 14 heavy (non-hydrogen) atoms. The molecule has 0 spiro atoms. The molecule has 1 aromatic heterocycles. The molecule has 1 unspecified atom stereocenters. The van der Waals surface area contributed by atoms with Crippen molar-refractivity contribution >= 4 is 29.8 Å². The van der Waals surface area contributed by atoms with Crippen molar-refractivity contribution in [2.45, 2.75) is 12.3 Å². The molecule has 1 fully saturated rings. The highest BCUT2D eigenvalue weighted by Crippen LogP contribution is 2.29. The van der Waals surface area contributed by atoms with E-state index in [2.05, 4.69) is 10.3 Å². The van der Waals surface area contributed by atoms with Crippen molar-refractivity contribution in [2.24, 2.45) is 0 Å². The Kier molecular flexibility index (Phi) is 3.98. The van der Waals surface area contributed by atoms with Gasteiger partial charge in [-0.15, -0.1) is 12.4 Å². The number of nitrogens with two attached hydrogens (primary N) is 1. The maximum absolute atomic E-state index is 6.03. The largest absolute Gasteiger partial charge is 0.384 e. The summed E-state index contributed by atoms with van der Waals surface area (Å²) >= 11 is 6.03. The van der Waals surface area contributed by atoms with Gasteiger partial charge in [0.15, 0.2) is 0 Å². The lowest BCUT2D eigenvalue weighted by atomic mass is 9.99. The summed E-state index contributed by atoms with van der Waals surface area (Å²) in [6.07, 6.45) is 2.76. The second-order valence-electron chi connectivity index (χ2n) is 3.32. The fourth-order valence-corrected chi connectivity index (χ4v) is 1.96. The van der Waals surface area contributed by atoms with Crippen molar-refractivity contribution in [1.29, 1.82) is 0 Å². The van der Waals surface area contributed by atoms with Gasteiger partial charge in [-0.25, -0.2) is 4.98 Å². The highest BCUT2D eigenvalue weighted by atomic mass is 35.5. The quantitative estimate of drug-likeness (QED) is 0.779. The lowest BCUT2D eigenvalue weighted by Gasteiger charge is -2.10. The minimum Gasteiger partial charge on any atom is -0.384 e. The first-order chi connectivity index (χ1) is 6.27. The number of hydrogen-bond acceptors (Lipinski definition) is 3. The summed E-state index contributed by atoms with van der Waals surface area (Å²) in [6, 6.07) is 1.88. The van der Waals surface area contributed by atoms with Gasteiger partial charge in [0, 0.05) is 12.7 Å². The molecule has 1 saturated heterocycles. The molecular formula is C9H13Cl2N3. The smallest absolute Gasteiger partial charge is 0.123 e. The van der Waals surface area contributed by atoms with E-state index in [1.165, 1.54) is 0 Å². The highest BCUT2D eigenvalue weighted by molar-refractivity contribution is 6.31. The molecule has 1 aromatic rings. The number of anilines is 1. The number of pyridine rings is 1. The SMILES string of the molecule is Cl.Nc1cc(C2CCNC2)c(Cl)cn1. The van der Waals surface area contributed by atoms with Gasteiger partial charge in [-0.2, -0.15) is 0 Å². The molecule has 0 radical (unpaired) electrons. The average Bonchev–Trinajstić information content (AvgIpc) is 2.61. The number of rotatable bonds is 1. The maximum Gasteiger partial charge on any atom is 0.123 e. The number of nitrogen functional groups attached to an aromatic ring is 1. The van der Waals surface area contributed by atoms with Crippen LogP contribution in [0.15, 0.2) is 12.3 Å². The number of hydrogen-bond donors (Lipinski definition) is 2. The van der Waals surface area contributed by atoms with Crippen LogP contribution in [0.2, 0.25) is 5.02 Å². The van der Waals surface area contributed by atoms with Gasteiger partial charge in [-0.05, 0) is 30.5 Å². The molecule has 0 saturated carbocycles. The first-order valence-corrected chi connectivity index (χ1v) is 4.77. The Hall–Kier alpha value is -0.510. The zero-order chi connectivity index (χ0) is 9.26. The summed E-state index contributed by atoms with van der Waals surface area (Å²) in [6.45, 7) is 2.05. The highest BCUT2D eigenvalue weighted by Gasteiger charge is 2.19. The van der Waals surface area contributed by atoms with Crippen molar-refractivity contribution in [1.82, 2.24) is 10.3 Å². The van der Waals surface area contributed by atoms with Crippen molar-refractivity contribution in [3.63, 3.8) is 0 Å². The Labute approximate surface area is 94.5 Å². The number of nitrogens with one attached hydrogen (secondary N) is 1. The van der Waals surface area contributed by atoms with Crippen LogP contribution in [0.3, 0.4) is 0 Å². The van der Waals surface area contributed by atoms with Crippen molar-refractivity contribution in [3.8, 4) is 0 Å². The number of nitrogens with zero attached hydrogens (tertiary/aromatic N) is 1. The zero-order valence-corrected chi connectivity index (χ0v) is 9.24. The van der Waals surface area contributed by atoms with Gasteiger partial charge >= 0.3 is 0 Å². The Morgan fingerprint density at radius 3 is 3.00 bits per heavy atom. The monoisotopic (exact) mass is 233 g/mol. The topological polar surface area (TPSA) is 50.9 Å². The molecule has 0 amide bonds. The van der Waals surface area contributed by atoms with Crippen molar-refractivity contribution < 1.29 is 0 Å². The predicted octanol–water partition coefficient (Wildman–Crippen LogP) is 1.82. The van der Waals surface area contributed by atoms with Gasteiger partial charge < -0.3 is 11.1 Å². The molecule has 2 heterocycles. The second kappa shape index (κ2) is 4.82. The van der Waals surface area contributed by atoms with E-state index in [4.69, 9.17) is 17.3 Å². The van der Waals surface area contributed by atoms with E-state index in [0.717, 1.165) is 30.1 Å². The fraction of sp³-hybridized carbons (Fsp3) is 0.444. The molecule has 0 bridgehead atoms. The van der Waals surface area contributed by atoms with Gasteiger partial charge in [0.05, 0.1) is 5.02 Å². The van der Waals surface area contributed by atoms with E-state index < -0.39 is 0 Å². The van der Waals surface area contributed by atoms with Crippen LogP contribution in [0.4, 0.5) is 5.82 Å². The third-order valence-electron chi connectivity index (χ3n) is 2.41. The summed E-state index contributed by atoms with van der Waals surface area (Å²) in [5.74, 6) is 1.05. The lowest BCUT2D eigenvalue weighted by molar-refractivity contribution is 0.762.